The Hall–Kier alpha value is -2.18. The van der Waals surface area contributed by atoms with Crippen molar-refractivity contribution in [1.82, 2.24) is 15.0 Å². The minimum Gasteiger partial charge on any atom is -0.334 e. The second-order valence-electron chi connectivity index (χ2n) is 3.23. The maximum atomic E-state index is 12.3. The molecule has 0 radical (unpaired) electrons. The average Bonchev–Trinajstić information content (AvgIpc) is 2.76. The van der Waals surface area contributed by atoms with Crippen molar-refractivity contribution in [3.63, 3.8) is 0 Å². The molecule has 17 heavy (non-hydrogen) atoms. The predicted molar refractivity (Wildman–Crippen MR) is 52.2 cm³/mol. The first-order valence-electron chi connectivity index (χ1n) is 4.54. The molecule has 2 rings (SSSR count). The normalized spacial score (nSPS) is 11.5. The lowest BCUT2D eigenvalue weighted by Crippen LogP contribution is -2.05. The van der Waals surface area contributed by atoms with Gasteiger partial charge in [0.1, 0.15) is 5.69 Å². The summed E-state index contributed by atoms with van der Waals surface area (Å²) in [6.45, 7) is 0. The lowest BCUT2D eigenvalue weighted by Gasteiger charge is -2.05. The SMILES string of the molecule is O=Cc1cnc(-c2ccc(C(F)(F)F)cn2)[nH]1. The third kappa shape index (κ3) is 2.32. The first-order valence-corrected chi connectivity index (χ1v) is 4.54. The van der Waals surface area contributed by atoms with Crippen molar-refractivity contribution in [2.24, 2.45) is 0 Å². The minimum absolute atomic E-state index is 0.238. The lowest BCUT2D eigenvalue weighted by molar-refractivity contribution is -0.137. The van der Waals surface area contributed by atoms with Gasteiger partial charge in [-0.25, -0.2) is 4.98 Å². The number of nitrogens with zero attached hydrogens (tertiary/aromatic N) is 2. The number of hydrogen-bond donors (Lipinski definition) is 1. The van der Waals surface area contributed by atoms with E-state index in [1.165, 1.54) is 12.3 Å². The number of carbonyl (C=O) groups excluding carboxylic acids is 1. The van der Waals surface area contributed by atoms with Crippen LogP contribution in [0.1, 0.15) is 16.1 Å². The summed E-state index contributed by atoms with van der Waals surface area (Å²) >= 11 is 0. The fourth-order valence-corrected chi connectivity index (χ4v) is 1.23. The molecule has 0 spiro atoms. The number of H-pyrrole nitrogens is 1. The van der Waals surface area contributed by atoms with Gasteiger partial charge in [-0.1, -0.05) is 0 Å². The predicted octanol–water partition coefficient (Wildman–Crippen LogP) is 2.30. The van der Waals surface area contributed by atoms with E-state index in [4.69, 9.17) is 0 Å². The molecule has 0 aliphatic heterocycles. The van der Waals surface area contributed by atoms with Gasteiger partial charge in [0.2, 0.25) is 0 Å². The molecule has 2 aromatic rings. The molecule has 0 bridgehead atoms. The molecule has 0 aliphatic rings. The van der Waals surface area contributed by atoms with E-state index in [0.717, 1.165) is 12.3 Å². The van der Waals surface area contributed by atoms with Crippen LogP contribution in [-0.4, -0.2) is 21.2 Å². The van der Waals surface area contributed by atoms with E-state index in [2.05, 4.69) is 15.0 Å². The highest BCUT2D eigenvalue weighted by Gasteiger charge is 2.30. The van der Waals surface area contributed by atoms with Gasteiger partial charge in [-0.05, 0) is 12.1 Å². The number of carbonyl (C=O) groups is 1. The van der Waals surface area contributed by atoms with Crippen molar-refractivity contribution in [1.29, 1.82) is 0 Å². The molecule has 2 heterocycles. The molecule has 0 aliphatic carbocycles. The van der Waals surface area contributed by atoms with Crippen molar-refractivity contribution in [2.75, 3.05) is 0 Å². The average molecular weight is 241 g/mol. The maximum Gasteiger partial charge on any atom is 0.417 e. The second kappa shape index (κ2) is 4.00. The van der Waals surface area contributed by atoms with Crippen LogP contribution >= 0.6 is 0 Å². The molecule has 0 fully saturated rings. The molecule has 0 saturated heterocycles. The minimum atomic E-state index is -4.41. The van der Waals surface area contributed by atoms with Gasteiger partial charge in [-0.3, -0.25) is 9.78 Å². The van der Waals surface area contributed by atoms with Crippen molar-refractivity contribution >= 4 is 6.29 Å². The van der Waals surface area contributed by atoms with E-state index >= 15 is 0 Å². The van der Waals surface area contributed by atoms with Gasteiger partial charge >= 0.3 is 6.18 Å². The number of aldehydes is 1. The fraction of sp³-hybridized carbons (Fsp3) is 0.100. The molecule has 1 N–H and O–H groups in total. The molecule has 88 valence electrons. The largest absolute Gasteiger partial charge is 0.417 e. The first-order chi connectivity index (χ1) is 8.00. The van der Waals surface area contributed by atoms with Crippen LogP contribution in [0.2, 0.25) is 0 Å². The van der Waals surface area contributed by atoms with Gasteiger partial charge in [0.15, 0.2) is 12.1 Å². The number of halogens is 3. The summed E-state index contributed by atoms with van der Waals surface area (Å²) in [5, 5.41) is 0. The summed E-state index contributed by atoms with van der Waals surface area (Å²) in [7, 11) is 0. The van der Waals surface area contributed by atoms with Crippen LogP contribution in [0.5, 0.6) is 0 Å². The third-order valence-electron chi connectivity index (χ3n) is 2.06. The van der Waals surface area contributed by atoms with E-state index in [9.17, 15) is 18.0 Å². The summed E-state index contributed by atoms with van der Waals surface area (Å²) in [6.07, 6.45) is -1.86. The number of alkyl halides is 3. The van der Waals surface area contributed by atoms with Crippen molar-refractivity contribution < 1.29 is 18.0 Å². The molecular weight excluding hydrogens is 235 g/mol. The smallest absolute Gasteiger partial charge is 0.334 e. The maximum absolute atomic E-state index is 12.3. The van der Waals surface area contributed by atoms with Crippen molar-refractivity contribution in [3.05, 3.63) is 35.8 Å². The summed E-state index contributed by atoms with van der Waals surface area (Å²) in [4.78, 5) is 20.5. The highest BCUT2D eigenvalue weighted by molar-refractivity contribution is 5.72. The molecule has 4 nitrogen and oxygen atoms in total. The van der Waals surface area contributed by atoms with Crippen LogP contribution in [0.25, 0.3) is 11.5 Å². The highest BCUT2D eigenvalue weighted by atomic mass is 19.4. The Labute approximate surface area is 93.5 Å². The zero-order valence-corrected chi connectivity index (χ0v) is 8.32. The number of pyridine rings is 1. The summed E-state index contributed by atoms with van der Waals surface area (Å²) in [5.74, 6) is 0.251. The summed E-state index contributed by atoms with van der Waals surface area (Å²) in [5.41, 5.74) is -0.351. The van der Waals surface area contributed by atoms with Gasteiger partial charge < -0.3 is 4.98 Å². The molecule has 0 unspecified atom stereocenters. The van der Waals surface area contributed by atoms with Crippen molar-refractivity contribution in [2.45, 2.75) is 6.18 Å². The highest BCUT2D eigenvalue weighted by Crippen LogP contribution is 2.29. The van der Waals surface area contributed by atoms with Gasteiger partial charge in [0, 0.05) is 6.20 Å². The van der Waals surface area contributed by atoms with Crippen LogP contribution in [0.15, 0.2) is 24.5 Å². The van der Waals surface area contributed by atoms with Crippen LogP contribution in [0, 0.1) is 0 Å². The van der Waals surface area contributed by atoms with E-state index < -0.39 is 11.7 Å². The molecule has 0 aromatic carbocycles. The van der Waals surface area contributed by atoms with E-state index in [-0.39, 0.29) is 17.2 Å². The monoisotopic (exact) mass is 241 g/mol. The van der Waals surface area contributed by atoms with Gasteiger partial charge in [-0.15, -0.1) is 0 Å². The van der Waals surface area contributed by atoms with Crippen molar-refractivity contribution in [3.8, 4) is 11.5 Å². The molecular formula is C10H6F3N3O. The number of imidazole rings is 1. The molecule has 0 amide bonds. The fourth-order valence-electron chi connectivity index (χ4n) is 1.23. The zero-order valence-electron chi connectivity index (χ0n) is 8.32. The number of hydrogen-bond acceptors (Lipinski definition) is 3. The van der Waals surface area contributed by atoms with Crippen LogP contribution in [0.3, 0.4) is 0 Å². The molecule has 7 heteroatoms. The summed E-state index contributed by atoms with van der Waals surface area (Å²) < 4.78 is 36.8. The standard InChI is InChI=1S/C10H6F3N3O/c11-10(12,13)6-1-2-8(14-3-6)9-15-4-7(5-17)16-9/h1-5H,(H,15,16). The van der Waals surface area contributed by atoms with E-state index in [1.54, 1.807) is 0 Å². The number of nitrogens with one attached hydrogen (secondary N) is 1. The van der Waals surface area contributed by atoms with Crippen LogP contribution < -0.4 is 0 Å². The van der Waals surface area contributed by atoms with Gasteiger partial charge in [0.05, 0.1) is 17.5 Å². The Morgan fingerprint density at radius 2 is 1.94 bits per heavy atom. The Morgan fingerprint density at radius 3 is 2.41 bits per heavy atom. The second-order valence-corrected chi connectivity index (χ2v) is 3.23. The van der Waals surface area contributed by atoms with E-state index in [1.807, 2.05) is 0 Å². The molecule has 2 aromatic heterocycles. The van der Waals surface area contributed by atoms with Gasteiger partial charge in [-0.2, -0.15) is 13.2 Å². The Bertz CT molecular complexity index is 530. The molecule has 0 saturated carbocycles. The lowest BCUT2D eigenvalue weighted by atomic mass is 10.2. The van der Waals surface area contributed by atoms with E-state index in [0.29, 0.717) is 6.29 Å². The third-order valence-corrected chi connectivity index (χ3v) is 2.06. The number of aromatic nitrogens is 3. The molecule has 0 atom stereocenters. The number of rotatable bonds is 2. The summed E-state index contributed by atoms with van der Waals surface area (Å²) in [6, 6.07) is 2.10. The quantitative estimate of drug-likeness (QED) is 0.820. The Balaban J connectivity index is 2.32. The van der Waals surface area contributed by atoms with Crippen LogP contribution in [0.4, 0.5) is 13.2 Å². The first kappa shape index (κ1) is 11.3. The Kier molecular flexibility index (Phi) is 2.66. The van der Waals surface area contributed by atoms with Crippen LogP contribution in [-0.2, 0) is 6.18 Å². The number of aromatic amines is 1. The zero-order chi connectivity index (χ0) is 12.5. The Morgan fingerprint density at radius 1 is 1.18 bits per heavy atom. The van der Waals surface area contributed by atoms with Gasteiger partial charge in [0.25, 0.3) is 0 Å². The topological polar surface area (TPSA) is 58.6 Å².